The third-order valence-corrected chi connectivity index (χ3v) is 4.34. The molecule has 0 spiro atoms. The number of halogens is 1. The second-order valence-corrected chi connectivity index (χ2v) is 6.94. The molecule has 0 fully saturated rings. The summed E-state index contributed by atoms with van der Waals surface area (Å²) >= 11 is 6.09. The van der Waals surface area contributed by atoms with Crippen LogP contribution < -0.4 is 10.6 Å². The molecule has 24 heavy (non-hydrogen) atoms. The molecule has 4 heteroatoms. The maximum atomic E-state index is 12.3. The van der Waals surface area contributed by atoms with Gasteiger partial charge in [-0.25, -0.2) is 4.79 Å². The molecule has 2 rings (SSSR count). The molecule has 0 aromatic heterocycles. The van der Waals surface area contributed by atoms with Crippen LogP contribution in [0.5, 0.6) is 0 Å². The fourth-order valence-electron chi connectivity index (χ4n) is 2.36. The first-order valence-electron chi connectivity index (χ1n) is 7.81. The van der Waals surface area contributed by atoms with Crippen LogP contribution in [0.3, 0.4) is 0 Å². The van der Waals surface area contributed by atoms with E-state index in [-0.39, 0.29) is 6.03 Å². The number of nitrogens with one attached hydrogen (secondary N) is 2. The molecule has 0 saturated carbocycles. The average Bonchev–Trinajstić information content (AvgIpc) is 2.50. The molecule has 0 aliphatic heterocycles. The van der Waals surface area contributed by atoms with Crippen LogP contribution in [-0.2, 0) is 5.54 Å². The minimum Gasteiger partial charge on any atom is -0.329 e. The van der Waals surface area contributed by atoms with Crippen molar-refractivity contribution in [3.05, 3.63) is 70.8 Å². The molecule has 0 bridgehead atoms. The Hall–Kier alpha value is -2.26. The van der Waals surface area contributed by atoms with Gasteiger partial charge in [0.1, 0.15) is 0 Å². The smallest absolute Gasteiger partial charge is 0.319 e. The Morgan fingerprint density at radius 1 is 1.17 bits per heavy atom. The lowest BCUT2D eigenvalue weighted by Gasteiger charge is -2.27. The van der Waals surface area contributed by atoms with Crippen LogP contribution in [0.1, 0.15) is 37.5 Å². The predicted octanol–water partition coefficient (Wildman–Crippen LogP) is 5.74. The number of benzene rings is 2. The third kappa shape index (κ3) is 4.39. The highest BCUT2D eigenvalue weighted by Crippen LogP contribution is 2.24. The van der Waals surface area contributed by atoms with Gasteiger partial charge in [0.05, 0.1) is 5.54 Å². The van der Waals surface area contributed by atoms with Gasteiger partial charge < -0.3 is 10.6 Å². The number of carbonyl (C=O) groups excluding carboxylic acids is 1. The van der Waals surface area contributed by atoms with Crippen molar-refractivity contribution >= 4 is 28.9 Å². The predicted molar refractivity (Wildman–Crippen MR) is 103 cm³/mol. The summed E-state index contributed by atoms with van der Waals surface area (Å²) in [7, 11) is 0. The maximum absolute atomic E-state index is 12.3. The van der Waals surface area contributed by atoms with Crippen molar-refractivity contribution in [2.45, 2.75) is 33.2 Å². The third-order valence-electron chi connectivity index (χ3n) is 3.93. The zero-order valence-corrected chi connectivity index (χ0v) is 15.3. The van der Waals surface area contributed by atoms with Crippen LogP contribution in [-0.4, -0.2) is 6.03 Å². The van der Waals surface area contributed by atoms with E-state index in [1.807, 2.05) is 64.1 Å². The molecule has 2 aromatic rings. The molecule has 0 saturated heterocycles. The lowest BCUT2D eigenvalue weighted by molar-refractivity contribution is 0.242. The molecule has 126 valence electrons. The molecule has 2 N–H and O–H groups in total. The Morgan fingerprint density at radius 2 is 1.88 bits per heavy atom. The van der Waals surface area contributed by atoms with E-state index >= 15 is 0 Å². The molecular weight excluding hydrogens is 320 g/mol. The number of aryl methyl sites for hydroxylation is 1. The monoisotopic (exact) mass is 342 g/mol. The Bertz CT molecular complexity index is 781. The summed E-state index contributed by atoms with van der Waals surface area (Å²) in [6.07, 6.45) is 0. The van der Waals surface area contributed by atoms with Gasteiger partial charge in [-0.1, -0.05) is 48.0 Å². The second kappa shape index (κ2) is 7.10. The van der Waals surface area contributed by atoms with Crippen molar-refractivity contribution in [1.29, 1.82) is 0 Å². The summed E-state index contributed by atoms with van der Waals surface area (Å²) in [5.41, 5.74) is 4.18. The number of hydrogen-bond donors (Lipinski definition) is 2. The zero-order chi connectivity index (χ0) is 17.9. The van der Waals surface area contributed by atoms with E-state index in [9.17, 15) is 4.79 Å². The number of carbonyl (C=O) groups is 1. The highest BCUT2D eigenvalue weighted by molar-refractivity contribution is 6.31. The number of amides is 2. The van der Waals surface area contributed by atoms with Crippen LogP contribution in [0.2, 0.25) is 5.02 Å². The van der Waals surface area contributed by atoms with Gasteiger partial charge in [0, 0.05) is 10.7 Å². The van der Waals surface area contributed by atoms with E-state index in [1.54, 1.807) is 6.07 Å². The molecule has 3 nitrogen and oxygen atoms in total. The van der Waals surface area contributed by atoms with Crippen molar-refractivity contribution in [3.63, 3.8) is 0 Å². The van der Waals surface area contributed by atoms with Gasteiger partial charge >= 0.3 is 6.03 Å². The van der Waals surface area contributed by atoms with Crippen molar-refractivity contribution in [1.82, 2.24) is 5.32 Å². The first-order chi connectivity index (χ1) is 11.2. The number of anilines is 1. The molecular formula is C20H23ClN2O. The number of urea groups is 1. The van der Waals surface area contributed by atoms with Crippen molar-refractivity contribution in [3.8, 4) is 0 Å². The average molecular weight is 343 g/mol. The van der Waals surface area contributed by atoms with E-state index in [0.717, 1.165) is 22.3 Å². The van der Waals surface area contributed by atoms with Crippen molar-refractivity contribution < 1.29 is 4.79 Å². The fraction of sp³-hybridized carbons (Fsp3) is 0.250. The van der Waals surface area contributed by atoms with E-state index in [1.165, 1.54) is 0 Å². The standard InChI is InChI=1S/C20H23ClN2O/c1-13(2)15-7-6-8-16(11-15)20(4,5)23-19(24)22-17-10-9-14(3)18(21)12-17/h6-12H,1H2,2-5H3,(H2,22,23,24). The van der Waals surface area contributed by atoms with Crippen LogP contribution in [0.25, 0.3) is 5.57 Å². The highest BCUT2D eigenvalue weighted by Gasteiger charge is 2.23. The number of allylic oxidation sites excluding steroid dienone is 1. The maximum Gasteiger partial charge on any atom is 0.319 e. The minimum atomic E-state index is -0.524. The lowest BCUT2D eigenvalue weighted by atomic mass is 9.92. The molecule has 0 heterocycles. The SMILES string of the molecule is C=C(C)c1cccc(C(C)(C)NC(=O)Nc2ccc(C)c(Cl)c2)c1. The Balaban J connectivity index is 2.13. The van der Waals surface area contributed by atoms with Gasteiger partial charge in [-0.05, 0) is 62.6 Å². The first-order valence-corrected chi connectivity index (χ1v) is 8.18. The second-order valence-electron chi connectivity index (χ2n) is 6.53. The summed E-state index contributed by atoms with van der Waals surface area (Å²) in [6, 6.07) is 13.2. The van der Waals surface area contributed by atoms with Gasteiger partial charge in [-0.3, -0.25) is 0 Å². The van der Waals surface area contributed by atoms with Gasteiger partial charge in [0.2, 0.25) is 0 Å². The van der Waals surface area contributed by atoms with Gasteiger partial charge in [0.25, 0.3) is 0 Å². The topological polar surface area (TPSA) is 41.1 Å². The molecule has 0 unspecified atom stereocenters. The lowest BCUT2D eigenvalue weighted by Crippen LogP contribution is -2.43. The number of hydrogen-bond acceptors (Lipinski definition) is 1. The highest BCUT2D eigenvalue weighted by atomic mass is 35.5. The van der Waals surface area contributed by atoms with E-state index in [2.05, 4.69) is 17.2 Å². The summed E-state index contributed by atoms with van der Waals surface area (Å²) in [4.78, 5) is 12.3. The molecule has 0 aliphatic carbocycles. The van der Waals surface area contributed by atoms with E-state index in [0.29, 0.717) is 10.7 Å². The van der Waals surface area contributed by atoms with Crippen LogP contribution in [0.15, 0.2) is 49.0 Å². The van der Waals surface area contributed by atoms with Gasteiger partial charge in [-0.2, -0.15) is 0 Å². The van der Waals surface area contributed by atoms with Crippen LogP contribution in [0, 0.1) is 6.92 Å². The van der Waals surface area contributed by atoms with Gasteiger partial charge in [-0.15, -0.1) is 0 Å². The normalized spacial score (nSPS) is 11.0. The quantitative estimate of drug-likeness (QED) is 0.731. The molecule has 2 aromatic carbocycles. The summed E-state index contributed by atoms with van der Waals surface area (Å²) < 4.78 is 0. The van der Waals surface area contributed by atoms with Gasteiger partial charge in [0.15, 0.2) is 0 Å². The van der Waals surface area contributed by atoms with E-state index < -0.39 is 5.54 Å². The Labute approximate surface area is 148 Å². The van der Waals surface area contributed by atoms with Crippen LogP contribution >= 0.6 is 11.6 Å². The molecule has 0 atom stereocenters. The summed E-state index contributed by atoms with van der Waals surface area (Å²) in [5.74, 6) is 0. The zero-order valence-electron chi connectivity index (χ0n) is 14.5. The fourth-order valence-corrected chi connectivity index (χ4v) is 2.54. The molecule has 2 amide bonds. The molecule has 0 aliphatic rings. The number of rotatable bonds is 4. The minimum absolute atomic E-state index is 0.277. The van der Waals surface area contributed by atoms with Crippen molar-refractivity contribution in [2.24, 2.45) is 0 Å². The van der Waals surface area contributed by atoms with E-state index in [4.69, 9.17) is 11.6 Å². The van der Waals surface area contributed by atoms with Crippen LogP contribution in [0.4, 0.5) is 10.5 Å². The molecule has 0 radical (unpaired) electrons. The largest absolute Gasteiger partial charge is 0.329 e. The Kier molecular flexibility index (Phi) is 5.35. The summed E-state index contributed by atoms with van der Waals surface area (Å²) in [6.45, 7) is 11.8. The van der Waals surface area contributed by atoms with Crippen molar-refractivity contribution in [2.75, 3.05) is 5.32 Å². The summed E-state index contributed by atoms with van der Waals surface area (Å²) in [5, 5.41) is 6.45. The Morgan fingerprint density at radius 3 is 2.50 bits per heavy atom. The first kappa shape index (κ1) is 18.1.